The molecule has 4 nitrogen and oxygen atoms in total. The van der Waals surface area contributed by atoms with Crippen LogP contribution in [0.3, 0.4) is 0 Å². The molecule has 0 saturated heterocycles. The van der Waals surface area contributed by atoms with Crippen molar-refractivity contribution < 1.29 is 9.84 Å². The van der Waals surface area contributed by atoms with E-state index in [4.69, 9.17) is 15.1 Å². The number of nitrogens with zero attached hydrogens (tertiary/aromatic N) is 2. The zero-order chi connectivity index (χ0) is 12.1. The van der Waals surface area contributed by atoms with Crippen LogP contribution < -0.4 is 4.74 Å². The second-order valence-corrected chi connectivity index (χ2v) is 3.39. The van der Waals surface area contributed by atoms with Gasteiger partial charge in [0.05, 0.1) is 18.4 Å². The van der Waals surface area contributed by atoms with Gasteiger partial charge in [0, 0.05) is 6.20 Å². The Labute approximate surface area is 98.7 Å². The first-order chi connectivity index (χ1) is 8.33. The summed E-state index contributed by atoms with van der Waals surface area (Å²) in [7, 11) is 0. The Morgan fingerprint density at radius 2 is 2.24 bits per heavy atom. The van der Waals surface area contributed by atoms with Gasteiger partial charge in [0.15, 0.2) is 0 Å². The van der Waals surface area contributed by atoms with Gasteiger partial charge in [0.25, 0.3) is 0 Å². The van der Waals surface area contributed by atoms with Gasteiger partial charge in [0.2, 0.25) is 0 Å². The second kappa shape index (κ2) is 5.10. The Morgan fingerprint density at radius 1 is 1.35 bits per heavy atom. The minimum Gasteiger partial charge on any atom is -0.454 e. The summed E-state index contributed by atoms with van der Waals surface area (Å²) in [5, 5.41) is 18.0. The van der Waals surface area contributed by atoms with Crippen molar-refractivity contribution in [3.05, 3.63) is 53.9 Å². The number of hydrogen-bond acceptors (Lipinski definition) is 4. The molecule has 0 amide bonds. The highest BCUT2D eigenvalue weighted by molar-refractivity contribution is 5.47. The van der Waals surface area contributed by atoms with Crippen molar-refractivity contribution in [1.82, 2.24) is 4.98 Å². The van der Waals surface area contributed by atoms with Crippen LogP contribution in [0, 0.1) is 11.3 Å². The van der Waals surface area contributed by atoms with Gasteiger partial charge in [-0.1, -0.05) is 6.07 Å². The number of aliphatic hydroxyl groups is 1. The van der Waals surface area contributed by atoms with Gasteiger partial charge in [0.1, 0.15) is 17.6 Å². The molecule has 1 heterocycles. The minimum absolute atomic E-state index is 0.0954. The molecule has 0 radical (unpaired) electrons. The molecule has 0 aliphatic rings. The van der Waals surface area contributed by atoms with Gasteiger partial charge < -0.3 is 9.84 Å². The highest BCUT2D eigenvalue weighted by atomic mass is 16.5. The summed E-state index contributed by atoms with van der Waals surface area (Å²) >= 11 is 0. The molecule has 17 heavy (non-hydrogen) atoms. The van der Waals surface area contributed by atoms with Crippen molar-refractivity contribution in [1.29, 1.82) is 5.26 Å². The molecule has 84 valence electrons. The maximum absolute atomic E-state index is 8.99. The zero-order valence-electron chi connectivity index (χ0n) is 9.00. The van der Waals surface area contributed by atoms with Crippen LogP contribution in [-0.2, 0) is 6.61 Å². The maximum atomic E-state index is 8.99. The van der Waals surface area contributed by atoms with E-state index < -0.39 is 0 Å². The van der Waals surface area contributed by atoms with E-state index in [0.717, 1.165) is 0 Å². The summed E-state index contributed by atoms with van der Waals surface area (Å²) in [6, 6.07) is 10.5. The van der Waals surface area contributed by atoms with Crippen molar-refractivity contribution in [3.63, 3.8) is 0 Å². The third kappa shape index (κ3) is 2.60. The van der Waals surface area contributed by atoms with Crippen LogP contribution in [0.25, 0.3) is 0 Å². The number of nitriles is 1. The van der Waals surface area contributed by atoms with Crippen LogP contribution in [0.5, 0.6) is 11.5 Å². The predicted molar refractivity (Wildman–Crippen MR) is 61.4 cm³/mol. The average molecular weight is 226 g/mol. The quantitative estimate of drug-likeness (QED) is 0.871. The van der Waals surface area contributed by atoms with Crippen molar-refractivity contribution in [3.8, 4) is 17.6 Å². The highest BCUT2D eigenvalue weighted by Gasteiger charge is 2.05. The molecule has 1 N–H and O–H groups in total. The van der Waals surface area contributed by atoms with Crippen LogP contribution in [0.15, 0.2) is 42.7 Å². The molecule has 2 rings (SSSR count). The molecule has 1 aromatic carbocycles. The van der Waals surface area contributed by atoms with Gasteiger partial charge in [-0.3, -0.25) is 4.98 Å². The second-order valence-electron chi connectivity index (χ2n) is 3.39. The average Bonchev–Trinajstić information content (AvgIpc) is 2.40. The van der Waals surface area contributed by atoms with Crippen LogP contribution in [0.4, 0.5) is 0 Å². The lowest BCUT2D eigenvalue weighted by atomic mass is 10.1. The van der Waals surface area contributed by atoms with E-state index in [9.17, 15) is 0 Å². The number of pyridine rings is 1. The predicted octanol–water partition coefficient (Wildman–Crippen LogP) is 2.24. The number of rotatable bonds is 3. The van der Waals surface area contributed by atoms with Gasteiger partial charge in [-0.25, -0.2) is 0 Å². The van der Waals surface area contributed by atoms with Crippen LogP contribution >= 0.6 is 0 Å². The van der Waals surface area contributed by atoms with E-state index in [1.54, 1.807) is 42.7 Å². The Bertz CT molecular complexity index is 547. The summed E-state index contributed by atoms with van der Waals surface area (Å²) in [6.07, 6.45) is 3.22. The highest BCUT2D eigenvalue weighted by Crippen LogP contribution is 2.25. The Kier molecular flexibility index (Phi) is 3.34. The first-order valence-corrected chi connectivity index (χ1v) is 5.05. The van der Waals surface area contributed by atoms with Crippen LogP contribution in [-0.4, -0.2) is 10.1 Å². The van der Waals surface area contributed by atoms with Crippen molar-refractivity contribution in [2.75, 3.05) is 0 Å². The molecule has 0 aliphatic heterocycles. The summed E-state index contributed by atoms with van der Waals surface area (Å²) in [5.74, 6) is 1.03. The summed E-state index contributed by atoms with van der Waals surface area (Å²) in [5.41, 5.74) is 1.07. The van der Waals surface area contributed by atoms with Crippen LogP contribution in [0.2, 0.25) is 0 Å². The van der Waals surface area contributed by atoms with E-state index in [1.807, 2.05) is 6.07 Å². The van der Waals surface area contributed by atoms with E-state index >= 15 is 0 Å². The molecule has 2 aromatic rings. The molecule has 0 unspecified atom stereocenters. The fourth-order valence-corrected chi connectivity index (χ4v) is 1.39. The lowest BCUT2D eigenvalue weighted by molar-refractivity contribution is 0.281. The Balaban J connectivity index is 2.31. The summed E-state index contributed by atoms with van der Waals surface area (Å²) < 4.78 is 5.53. The molecule has 1 aromatic heterocycles. The molecular formula is C13H10N2O2. The lowest BCUT2D eigenvalue weighted by Crippen LogP contribution is -1.91. The van der Waals surface area contributed by atoms with Gasteiger partial charge >= 0.3 is 0 Å². The van der Waals surface area contributed by atoms with Crippen LogP contribution in [0.1, 0.15) is 11.1 Å². The molecule has 0 atom stereocenters. The molecule has 0 spiro atoms. The number of aromatic nitrogens is 1. The largest absolute Gasteiger partial charge is 0.454 e. The Hall–Kier alpha value is -2.38. The van der Waals surface area contributed by atoms with Crippen molar-refractivity contribution in [2.24, 2.45) is 0 Å². The lowest BCUT2D eigenvalue weighted by Gasteiger charge is -2.07. The van der Waals surface area contributed by atoms with E-state index in [2.05, 4.69) is 4.98 Å². The first-order valence-electron chi connectivity index (χ1n) is 5.05. The molecule has 0 fully saturated rings. The maximum Gasteiger partial charge on any atom is 0.145 e. The van der Waals surface area contributed by atoms with E-state index in [-0.39, 0.29) is 6.61 Å². The van der Waals surface area contributed by atoms with Crippen molar-refractivity contribution in [2.45, 2.75) is 6.61 Å². The molecule has 4 heteroatoms. The number of benzene rings is 1. The minimum atomic E-state index is -0.0954. The molecule has 0 aliphatic carbocycles. The topological polar surface area (TPSA) is 66.1 Å². The van der Waals surface area contributed by atoms with Gasteiger partial charge in [-0.15, -0.1) is 0 Å². The fraction of sp³-hybridized carbons (Fsp3) is 0.0769. The van der Waals surface area contributed by atoms with Gasteiger partial charge in [-0.2, -0.15) is 5.26 Å². The standard InChI is InChI=1S/C13H10N2O2/c14-7-11-6-10(9-16)3-4-13(11)17-12-2-1-5-15-8-12/h1-6,8,16H,9H2. The normalized spacial score (nSPS) is 9.65. The smallest absolute Gasteiger partial charge is 0.145 e. The van der Waals surface area contributed by atoms with E-state index in [1.165, 1.54) is 0 Å². The fourth-order valence-electron chi connectivity index (χ4n) is 1.39. The third-order valence-corrected chi connectivity index (χ3v) is 2.21. The zero-order valence-corrected chi connectivity index (χ0v) is 9.00. The summed E-state index contributed by atoms with van der Waals surface area (Å²) in [4.78, 5) is 3.92. The van der Waals surface area contributed by atoms with Gasteiger partial charge in [-0.05, 0) is 29.8 Å². The number of hydrogen-bond donors (Lipinski definition) is 1. The third-order valence-electron chi connectivity index (χ3n) is 2.21. The molecule has 0 bridgehead atoms. The molecule has 0 saturated carbocycles. The van der Waals surface area contributed by atoms with E-state index in [0.29, 0.717) is 22.6 Å². The first kappa shape index (κ1) is 11.1. The van der Waals surface area contributed by atoms with Crippen molar-refractivity contribution >= 4 is 0 Å². The number of aliphatic hydroxyl groups excluding tert-OH is 1. The monoisotopic (exact) mass is 226 g/mol. The summed E-state index contributed by atoms with van der Waals surface area (Å²) in [6.45, 7) is -0.0954. The SMILES string of the molecule is N#Cc1cc(CO)ccc1Oc1cccnc1. The molecular weight excluding hydrogens is 216 g/mol. The Morgan fingerprint density at radius 3 is 2.88 bits per heavy atom. The number of ether oxygens (including phenoxy) is 1.